The lowest BCUT2D eigenvalue weighted by atomic mass is 10.0. The van der Waals surface area contributed by atoms with Gasteiger partial charge in [0, 0.05) is 12.8 Å². The zero-order valence-electron chi connectivity index (χ0n) is 45.0. The molecule has 0 saturated carbocycles. The second-order valence-corrected chi connectivity index (χ2v) is 18.2. The molecule has 70 heavy (non-hydrogen) atoms. The van der Waals surface area contributed by atoms with E-state index in [0.29, 0.717) is 12.8 Å². The van der Waals surface area contributed by atoms with Gasteiger partial charge in [0.15, 0.2) is 6.10 Å². The van der Waals surface area contributed by atoms with Gasteiger partial charge in [0.2, 0.25) is 0 Å². The number of carbonyl (C=O) groups is 2. The molecular weight excluding hydrogens is 861 g/mol. The summed E-state index contributed by atoms with van der Waals surface area (Å²) in [4.78, 5) is 24.5. The maximum Gasteiger partial charge on any atom is 0.306 e. The summed E-state index contributed by atoms with van der Waals surface area (Å²) in [6.07, 6.45) is 89.5. The second-order valence-electron chi connectivity index (χ2n) is 18.2. The number of hydrogen-bond donors (Lipinski definition) is 1. The Balaban J connectivity index is 3.58. The molecule has 0 aromatic heterocycles. The van der Waals surface area contributed by atoms with E-state index in [9.17, 15) is 14.7 Å². The smallest absolute Gasteiger partial charge is 0.306 e. The average Bonchev–Trinajstić information content (AvgIpc) is 3.36. The molecular formula is C65H104O5. The van der Waals surface area contributed by atoms with E-state index in [0.717, 1.165) is 122 Å². The van der Waals surface area contributed by atoms with E-state index in [-0.39, 0.29) is 25.2 Å². The number of allylic oxidation sites excluding steroid dienone is 24. The largest absolute Gasteiger partial charge is 0.462 e. The summed E-state index contributed by atoms with van der Waals surface area (Å²) < 4.78 is 10.7. The van der Waals surface area contributed by atoms with Gasteiger partial charge in [-0.05, 0) is 116 Å². The highest BCUT2D eigenvalue weighted by Crippen LogP contribution is 2.14. The molecule has 0 fully saturated rings. The maximum atomic E-state index is 12.3. The van der Waals surface area contributed by atoms with Gasteiger partial charge < -0.3 is 14.6 Å². The van der Waals surface area contributed by atoms with Gasteiger partial charge in [-0.15, -0.1) is 0 Å². The summed E-state index contributed by atoms with van der Waals surface area (Å²) in [6, 6.07) is 0. The Morgan fingerprint density at radius 2 is 0.571 bits per heavy atom. The molecule has 0 aliphatic rings. The van der Waals surface area contributed by atoms with Crippen molar-refractivity contribution in [1.82, 2.24) is 0 Å². The molecule has 1 atom stereocenters. The highest BCUT2D eigenvalue weighted by atomic mass is 16.6. The molecule has 5 heteroatoms. The summed E-state index contributed by atoms with van der Waals surface area (Å²) in [5.74, 6) is -0.612. The number of carbonyl (C=O) groups excluding carboxylic acids is 2. The molecule has 394 valence electrons. The lowest BCUT2D eigenvalue weighted by Gasteiger charge is -2.15. The van der Waals surface area contributed by atoms with Crippen LogP contribution in [0.15, 0.2) is 146 Å². The highest BCUT2D eigenvalue weighted by molar-refractivity contribution is 5.70. The van der Waals surface area contributed by atoms with Gasteiger partial charge in [0.25, 0.3) is 0 Å². The average molecular weight is 966 g/mol. The standard InChI is InChI=1S/C65H104O5/c1-3-5-7-9-11-13-15-17-19-21-23-25-26-27-28-29-30-31-32-33-34-35-36-37-38-40-42-44-46-48-50-52-54-56-58-60-65(68)70-63(61-66)62-69-64(67)59-57-55-53-51-49-47-45-43-41-39-24-22-20-18-16-14-12-10-8-6-4-2/h5-8,11-14,17-20,23-25,27-28,30-31,33-34,36-37,39,63,66H,3-4,9-10,15-16,21-22,26,29,32,35,38,40-62H2,1-2H3/b7-5-,8-6-,13-11-,14-12-,19-17-,20-18-,25-23-,28-27-,31-30-,34-33-,37-36-,39-24-. The number of ether oxygens (including phenoxy) is 2. The fourth-order valence-electron chi connectivity index (χ4n) is 7.44. The quantitative estimate of drug-likeness (QED) is 0.0374. The van der Waals surface area contributed by atoms with Crippen molar-refractivity contribution in [3.05, 3.63) is 146 Å². The number of aliphatic hydroxyl groups is 1. The van der Waals surface area contributed by atoms with E-state index in [2.05, 4.69) is 160 Å². The van der Waals surface area contributed by atoms with Crippen molar-refractivity contribution < 1.29 is 24.2 Å². The Labute approximate surface area is 431 Å². The maximum absolute atomic E-state index is 12.3. The number of hydrogen-bond acceptors (Lipinski definition) is 5. The van der Waals surface area contributed by atoms with Crippen LogP contribution in [-0.2, 0) is 19.1 Å². The lowest BCUT2D eigenvalue weighted by Crippen LogP contribution is -2.28. The molecule has 0 aliphatic heterocycles. The minimum absolute atomic E-state index is 0.0802. The van der Waals surface area contributed by atoms with E-state index in [1.165, 1.54) is 83.5 Å². The zero-order chi connectivity index (χ0) is 50.6. The van der Waals surface area contributed by atoms with E-state index in [1.807, 2.05) is 0 Å². The van der Waals surface area contributed by atoms with Crippen LogP contribution in [-0.4, -0.2) is 36.4 Å². The van der Waals surface area contributed by atoms with Crippen LogP contribution in [0.5, 0.6) is 0 Å². The van der Waals surface area contributed by atoms with Crippen LogP contribution in [0.25, 0.3) is 0 Å². The first-order chi connectivity index (χ1) is 34.6. The number of aliphatic hydroxyl groups excluding tert-OH is 1. The third-order valence-electron chi connectivity index (χ3n) is 11.6. The van der Waals surface area contributed by atoms with Gasteiger partial charge >= 0.3 is 11.9 Å². The molecule has 0 amide bonds. The Morgan fingerprint density at radius 3 is 0.857 bits per heavy atom. The molecule has 0 aromatic rings. The van der Waals surface area contributed by atoms with Crippen LogP contribution >= 0.6 is 0 Å². The molecule has 0 heterocycles. The molecule has 0 radical (unpaired) electrons. The summed E-state index contributed by atoms with van der Waals surface area (Å²) >= 11 is 0. The molecule has 0 aliphatic carbocycles. The fraction of sp³-hybridized carbons (Fsp3) is 0.600. The number of unbranched alkanes of at least 4 members (excludes halogenated alkanes) is 18. The Kier molecular flexibility index (Phi) is 55.5. The third-order valence-corrected chi connectivity index (χ3v) is 11.6. The second kappa shape index (κ2) is 59.1. The molecule has 0 saturated heterocycles. The summed E-state index contributed by atoms with van der Waals surface area (Å²) in [5.41, 5.74) is 0. The first-order valence-corrected chi connectivity index (χ1v) is 28.4. The van der Waals surface area contributed by atoms with Gasteiger partial charge in [0.1, 0.15) is 6.61 Å². The van der Waals surface area contributed by atoms with E-state index in [1.54, 1.807) is 0 Å². The van der Waals surface area contributed by atoms with Gasteiger partial charge in [-0.3, -0.25) is 9.59 Å². The van der Waals surface area contributed by atoms with Crippen molar-refractivity contribution in [3.8, 4) is 0 Å². The minimum Gasteiger partial charge on any atom is -0.462 e. The molecule has 1 N–H and O–H groups in total. The Bertz CT molecular complexity index is 1510. The van der Waals surface area contributed by atoms with Crippen LogP contribution in [0.2, 0.25) is 0 Å². The normalized spacial score (nSPS) is 13.4. The highest BCUT2D eigenvalue weighted by Gasteiger charge is 2.16. The number of rotatable bonds is 50. The SMILES string of the molecule is CC/C=C\C/C=C\C/C=C\C/C=C\C/C=C\C/C=C\C/C=C\C/C=C\CCCCCCCCCCCCC(=O)OC(CO)COC(=O)CCCCCCCCCC/C=C\C/C=C\C/C=C\C/C=C\CC. The van der Waals surface area contributed by atoms with E-state index >= 15 is 0 Å². The first kappa shape index (κ1) is 65.8. The van der Waals surface area contributed by atoms with Crippen LogP contribution in [0.4, 0.5) is 0 Å². The van der Waals surface area contributed by atoms with Crippen molar-refractivity contribution >= 4 is 11.9 Å². The van der Waals surface area contributed by atoms with Gasteiger partial charge in [-0.25, -0.2) is 0 Å². The number of esters is 2. The Hall–Kier alpha value is -4.22. The first-order valence-electron chi connectivity index (χ1n) is 28.4. The van der Waals surface area contributed by atoms with Gasteiger partial charge in [-0.1, -0.05) is 250 Å². The van der Waals surface area contributed by atoms with Crippen LogP contribution < -0.4 is 0 Å². The Morgan fingerprint density at radius 1 is 0.329 bits per heavy atom. The van der Waals surface area contributed by atoms with E-state index < -0.39 is 6.10 Å². The minimum atomic E-state index is -0.789. The summed E-state index contributed by atoms with van der Waals surface area (Å²) in [5, 5.41) is 9.65. The predicted octanol–water partition coefficient (Wildman–Crippen LogP) is 19.4. The molecule has 1 unspecified atom stereocenters. The van der Waals surface area contributed by atoms with Crippen LogP contribution in [0.3, 0.4) is 0 Å². The molecule has 0 rings (SSSR count). The van der Waals surface area contributed by atoms with Crippen LogP contribution in [0.1, 0.15) is 232 Å². The lowest BCUT2D eigenvalue weighted by molar-refractivity contribution is -0.161. The zero-order valence-corrected chi connectivity index (χ0v) is 45.0. The van der Waals surface area contributed by atoms with Crippen molar-refractivity contribution in [2.24, 2.45) is 0 Å². The fourth-order valence-corrected chi connectivity index (χ4v) is 7.44. The molecule has 5 nitrogen and oxygen atoms in total. The van der Waals surface area contributed by atoms with Crippen molar-refractivity contribution in [2.75, 3.05) is 13.2 Å². The molecule has 0 aromatic carbocycles. The van der Waals surface area contributed by atoms with E-state index in [4.69, 9.17) is 9.47 Å². The van der Waals surface area contributed by atoms with Crippen LogP contribution in [0, 0.1) is 0 Å². The predicted molar refractivity (Wildman–Crippen MR) is 306 cm³/mol. The van der Waals surface area contributed by atoms with Crippen molar-refractivity contribution in [1.29, 1.82) is 0 Å². The van der Waals surface area contributed by atoms with Gasteiger partial charge in [0.05, 0.1) is 6.61 Å². The summed E-state index contributed by atoms with van der Waals surface area (Å²) in [7, 11) is 0. The molecule has 0 bridgehead atoms. The van der Waals surface area contributed by atoms with Crippen molar-refractivity contribution in [2.45, 2.75) is 238 Å². The summed E-state index contributed by atoms with van der Waals surface area (Å²) in [6.45, 7) is 3.90. The van der Waals surface area contributed by atoms with Gasteiger partial charge in [-0.2, -0.15) is 0 Å². The molecule has 0 spiro atoms. The monoisotopic (exact) mass is 965 g/mol. The third kappa shape index (κ3) is 56.4. The topological polar surface area (TPSA) is 72.8 Å². The van der Waals surface area contributed by atoms with Crippen molar-refractivity contribution in [3.63, 3.8) is 0 Å².